The second-order valence-corrected chi connectivity index (χ2v) is 2.90. The summed E-state index contributed by atoms with van der Waals surface area (Å²) in [7, 11) is 0. The normalized spacial score (nSPS) is 14.6. The summed E-state index contributed by atoms with van der Waals surface area (Å²) >= 11 is 0. The first-order valence-electron chi connectivity index (χ1n) is 4.03. The lowest BCUT2D eigenvalue weighted by atomic mass is 9.93. The van der Waals surface area contributed by atoms with Crippen molar-refractivity contribution >= 4 is 11.8 Å². The van der Waals surface area contributed by atoms with E-state index < -0.39 is 17.4 Å². The van der Waals surface area contributed by atoms with Gasteiger partial charge >= 0.3 is 5.97 Å². The fraction of sp³-hybridized carbons (Fsp3) is 0.556. The van der Waals surface area contributed by atoms with Crippen LogP contribution in [-0.2, 0) is 9.59 Å². The summed E-state index contributed by atoms with van der Waals surface area (Å²) in [5.74, 6) is -2.21. The van der Waals surface area contributed by atoms with Crippen LogP contribution in [0.2, 0.25) is 0 Å². The molecule has 13 heavy (non-hydrogen) atoms. The molecule has 0 aromatic heterocycles. The van der Waals surface area contributed by atoms with Crippen molar-refractivity contribution in [3.8, 4) is 0 Å². The van der Waals surface area contributed by atoms with Crippen molar-refractivity contribution in [2.75, 3.05) is 0 Å². The van der Waals surface area contributed by atoms with Crippen LogP contribution in [0.15, 0.2) is 12.7 Å². The molecule has 0 spiro atoms. The number of rotatable bonds is 6. The van der Waals surface area contributed by atoms with Crippen LogP contribution in [-0.4, -0.2) is 27.6 Å². The number of carbonyl (C=O) groups excluding carboxylic acids is 1. The van der Waals surface area contributed by atoms with E-state index in [0.717, 1.165) is 6.92 Å². The van der Waals surface area contributed by atoms with E-state index in [1.165, 1.54) is 0 Å². The van der Waals surface area contributed by atoms with Gasteiger partial charge in [0.2, 0.25) is 5.60 Å². The molecule has 4 nitrogen and oxygen atoms in total. The van der Waals surface area contributed by atoms with Crippen LogP contribution in [0.4, 0.5) is 0 Å². The van der Waals surface area contributed by atoms with Gasteiger partial charge in [-0.3, -0.25) is 4.79 Å². The Bertz CT molecular complexity index is 206. The predicted molar refractivity (Wildman–Crippen MR) is 47.3 cm³/mol. The van der Waals surface area contributed by atoms with Gasteiger partial charge in [-0.15, -0.1) is 6.58 Å². The Morgan fingerprint density at radius 1 is 1.54 bits per heavy atom. The summed E-state index contributed by atoms with van der Waals surface area (Å²) in [4.78, 5) is 21.4. The monoisotopic (exact) mass is 186 g/mol. The number of aliphatic hydroxyl groups is 1. The maximum atomic E-state index is 10.8. The number of carbonyl (C=O) groups is 2. The third-order valence-electron chi connectivity index (χ3n) is 1.88. The minimum absolute atomic E-state index is 0.0658. The predicted octanol–water partition coefficient (Wildman–Crippen LogP) is 0.747. The lowest BCUT2D eigenvalue weighted by Crippen LogP contribution is -2.45. The molecule has 0 amide bonds. The molecular weight excluding hydrogens is 172 g/mol. The summed E-state index contributed by atoms with van der Waals surface area (Å²) < 4.78 is 0. The summed E-state index contributed by atoms with van der Waals surface area (Å²) in [5, 5.41) is 18.0. The topological polar surface area (TPSA) is 74.6 Å². The fourth-order valence-corrected chi connectivity index (χ4v) is 0.936. The van der Waals surface area contributed by atoms with E-state index in [1.807, 2.05) is 0 Å². The Morgan fingerprint density at radius 3 is 2.38 bits per heavy atom. The highest BCUT2D eigenvalue weighted by Crippen LogP contribution is 2.16. The highest BCUT2D eigenvalue weighted by atomic mass is 16.4. The molecule has 0 bridgehead atoms. The smallest absolute Gasteiger partial charge is 0.343 e. The van der Waals surface area contributed by atoms with E-state index in [-0.39, 0.29) is 6.42 Å². The number of allylic oxidation sites excluding steroid dienone is 1. The van der Waals surface area contributed by atoms with Gasteiger partial charge in [-0.1, -0.05) is 6.08 Å². The first kappa shape index (κ1) is 11.8. The van der Waals surface area contributed by atoms with E-state index in [1.54, 1.807) is 6.08 Å². The van der Waals surface area contributed by atoms with Crippen LogP contribution < -0.4 is 0 Å². The zero-order valence-corrected chi connectivity index (χ0v) is 7.62. The second-order valence-electron chi connectivity index (χ2n) is 2.90. The molecule has 1 unspecified atom stereocenters. The lowest BCUT2D eigenvalue weighted by Gasteiger charge is -2.19. The minimum Gasteiger partial charge on any atom is -0.479 e. The number of ketones is 1. The Hall–Kier alpha value is -1.16. The zero-order chi connectivity index (χ0) is 10.5. The largest absolute Gasteiger partial charge is 0.479 e. The molecule has 0 fully saturated rings. The number of carboxylic acid groups (broad SMARTS) is 1. The molecule has 0 aliphatic rings. The van der Waals surface area contributed by atoms with Crippen molar-refractivity contribution in [3.05, 3.63) is 12.7 Å². The number of unbranched alkanes of at least 4 members (excludes halogenated alkanes) is 1. The third kappa shape index (κ3) is 2.99. The average molecular weight is 186 g/mol. The van der Waals surface area contributed by atoms with Gasteiger partial charge < -0.3 is 10.2 Å². The maximum Gasteiger partial charge on any atom is 0.343 e. The molecular formula is C9H14O4. The Kier molecular flexibility index (Phi) is 4.34. The fourth-order valence-electron chi connectivity index (χ4n) is 0.936. The van der Waals surface area contributed by atoms with Crippen molar-refractivity contribution in [3.63, 3.8) is 0 Å². The molecule has 0 radical (unpaired) electrons. The minimum atomic E-state index is -2.22. The van der Waals surface area contributed by atoms with Crippen LogP contribution in [0, 0.1) is 0 Å². The Labute approximate surface area is 76.9 Å². The zero-order valence-electron chi connectivity index (χ0n) is 7.62. The first-order chi connectivity index (χ1) is 5.95. The molecule has 74 valence electrons. The third-order valence-corrected chi connectivity index (χ3v) is 1.88. The molecule has 0 heterocycles. The van der Waals surface area contributed by atoms with Gasteiger partial charge in [-0.2, -0.15) is 0 Å². The first-order valence-corrected chi connectivity index (χ1v) is 4.03. The van der Waals surface area contributed by atoms with E-state index in [9.17, 15) is 14.7 Å². The van der Waals surface area contributed by atoms with Crippen LogP contribution >= 0.6 is 0 Å². The molecule has 2 N–H and O–H groups in total. The number of hydrogen-bond donors (Lipinski definition) is 2. The quantitative estimate of drug-likeness (QED) is 0.364. The van der Waals surface area contributed by atoms with Gasteiger partial charge in [-0.05, 0) is 26.2 Å². The number of aliphatic carboxylic acids is 1. The summed E-state index contributed by atoms with van der Waals surface area (Å²) in [6, 6.07) is 0. The Balaban J connectivity index is 4.34. The van der Waals surface area contributed by atoms with Gasteiger partial charge in [-0.25, -0.2) is 4.79 Å². The van der Waals surface area contributed by atoms with Gasteiger partial charge in [0.05, 0.1) is 0 Å². The van der Waals surface area contributed by atoms with Crippen LogP contribution in [0.5, 0.6) is 0 Å². The van der Waals surface area contributed by atoms with Crippen molar-refractivity contribution in [1.29, 1.82) is 0 Å². The highest BCUT2D eigenvalue weighted by molar-refractivity contribution is 6.04. The summed E-state index contributed by atoms with van der Waals surface area (Å²) in [6.45, 7) is 4.53. The van der Waals surface area contributed by atoms with E-state index in [0.29, 0.717) is 12.8 Å². The number of Topliss-reactive ketones (excluding diaryl/α,β-unsaturated/α-hetero) is 1. The van der Waals surface area contributed by atoms with Crippen LogP contribution in [0.25, 0.3) is 0 Å². The standard InChI is InChI=1S/C9H14O4/c1-3-4-5-6-9(13,7(2)10)8(11)12/h3,13H,1,4-6H2,2H3,(H,11,12). The van der Waals surface area contributed by atoms with Crippen molar-refractivity contribution in [1.82, 2.24) is 0 Å². The molecule has 0 aliphatic carbocycles. The summed E-state index contributed by atoms with van der Waals surface area (Å²) in [5.41, 5.74) is -2.22. The molecule has 0 saturated carbocycles. The van der Waals surface area contributed by atoms with E-state index in [4.69, 9.17) is 5.11 Å². The van der Waals surface area contributed by atoms with Gasteiger partial charge in [0.25, 0.3) is 0 Å². The lowest BCUT2D eigenvalue weighted by molar-refractivity contribution is -0.165. The SMILES string of the molecule is C=CCCCC(O)(C(C)=O)C(=O)O. The van der Waals surface area contributed by atoms with Gasteiger partial charge in [0.15, 0.2) is 5.78 Å². The van der Waals surface area contributed by atoms with Gasteiger partial charge in [0.1, 0.15) is 0 Å². The average Bonchev–Trinajstić information content (AvgIpc) is 2.03. The van der Waals surface area contributed by atoms with Crippen LogP contribution in [0.3, 0.4) is 0 Å². The van der Waals surface area contributed by atoms with Crippen molar-refractivity contribution < 1.29 is 19.8 Å². The van der Waals surface area contributed by atoms with Crippen LogP contribution in [0.1, 0.15) is 26.2 Å². The maximum absolute atomic E-state index is 10.8. The van der Waals surface area contributed by atoms with Gasteiger partial charge in [0, 0.05) is 0 Å². The highest BCUT2D eigenvalue weighted by Gasteiger charge is 2.40. The van der Waals surface area contributed by atoms with Crippen molar-refractivity contribution in [2.45, 2.75) is 31.8 Å². The molecule has 0 aromatic carbocycles. The van der Waals surface area contributed by atoms with E-state index >= 15 is 0 Å². The number of hydrogen-bond acceptors (Lipinski definition) is 3. The Morgan fingerprint density at radius 2 is 2.08 bits per heavy atom. The van der Waals surface area contributed by atoms with Crippen molar-refractivity contribution in [2.24, 2.45) is 0 Å². The molecule has 0 rings (SSSR count). The molecule has 0 saturated heterocycles. The molecule has 0 aliphatic heterocycles. The second kappa shape index (κ2) is 4.77. The summed E-state index contributed by atoms with van der Waals surface area (Å²) in [6.07, 6.45) is 2.57. The number of carboxylic acids is 1. The van der Waals surface area contributed by atoms with E-state index in [2.05, 4.69) is 6.58 Å². The molecule has 1 atom stereocenters. The molecule has 0 aromatic rings. The molecule has 4 heteroatoms.